The van der Waals surface area contributed by atoms with Crippen molar-refractivity contribution < 1.29 is 33.5 Å². The summed E-state index contributed by atoms with van der Waals surface area (Å²) in [6.45, 7) is 19.2. The van der Waals surface area contributed by atoms with E-state index >= 15 is 0 Å². The molecule has 13 nitrogen and oxygen atoms in total. The van der Waals surface area contributed by atoms with E-state index in [9.17, 15) is 28.8 Å². The topological polar surface area (TPSA) is 141 Å². The van der Waals surface area contributed by atoms with Crippen molar-refractivity contribution in [2.45, 2.75) is 78.4 Å². The Morgan fingerprint density at radius 3 is 2.14 bits per heavy atom. The molecule has 5 heterocycles. The molecule has 6 amide bonds. The standard InChI is InChI=1S/C43H41ClN6O7/c1-42(2)40(43(3,4)41(42)57-27-7-9-32(45-5)31(44)15-27)49-21-26-12-23(6-8-28(26)37(49)54)36(53)48-17-22(18-48)16-47-19-24-13-29-30(14-25(24)20-47)39(56)50(38(29)55)33-10-11-34(51)46-35(33)52/h6-9,12-15,22,33,40-41H,10-11,16-21H2,1-4H3,(H,46,51,52). The molecule has 1 saturated carbocycles. The summed E-state index contributed by atoms with van der Waals surface area (Å²) >= 11 is 6.28. The summed E-state index contributed by atoms with van der Waals surface area (Å²) in [5.41, 5.74) is 4.05. The number of piperidine rings is 1. The number of ether oxygens (including phenoxy) is 1. The average molecular weight is 789 g/mol. The molecule has 0 radical (unpaired) electrons. The van der Waals surface area contributed by atoms with Crippen LogP contribution in [0.1, 0.15) is 98.7 Å². The van der Waals surface area contributed by atoms with Gasteiger partial charge in [-0.1, -0.05) is 45.4 Å². The monoisotopic (exact) mass is 788 g/mol. The smallest absolute Gasteiger partial charge is 0.262 e. The van der Waals surface area contributed by atoms with Crippen molar-refractivity contribution in [1.29, 1.82) is 0 Å². The lowest BCUT2D eigenvalue weighted by molar-refractivity contribution is -0.199. The highest BCUT2D eigenvalue weighted by molar-refractivity contribution is 6.33. The summed E-state index contributed by atoms with van der Waals surface area (Å²) in [5, 5.41) is 2.56. The quantitative estimate of drug-likeness (QED) is 0.254. The van der Waals surface area contributed by atoms with Crippen molar-refractivity contribution in [3.05, 3.63) is 104 Å². The first-order chi connectivity index (χ1) is 27.1. The number of halogens is 1. The van der Waals surface area contributed by atoms with Crippen LogP contribution in [0.25, 0.3) is 4.85 Å². The van der Waals surface area contributed by atoms with E-state index in [4.69, 9.17) is 22.9 Å². The van der Waals surface area contributed by atoms with Crippen LogP contribution in [0, 0.1) is 23.3 Å². The lowest BCUT2D eigenvalue weighted by Gasteiger charge is -2.65. The minimum Gasteiger partial charge on any atom is -0.489 e. The molecule has 57 heavy (non-hydrogen) atoms. The molecule has 14 heteroatoms. The minimum absolute atomic E-state index is 0.0562. The number of carbonyl (C=O) groups is 6. The zero-order valence-corrected chi connectivity index (χ0v) is 32.8. The molecule has 3 fully saturated rings. The molecule has 9 rings (SSSR count). The van der Waals surface area contributed by atoms with Crippen LogP contribution < -0.4 is 10.1 Å². The van der Waals surface area contributed by atoms with Crippen LogP contribution in [0.5, 0.6) is 5.75 Å². The number of carbonyl (C=O) groups excluding carboxylic acids is 6. The molecule has 3 aromatic rings. The van der Waals surface area contributed by atoms with E-state index in [0.717, 1.165) is 28.1 Å². The third kappa shape index (κ3) is 5.75. The fraction of sp³-hybridized carbons (Fsp3) is 0.419. The van der Waals surface area contributed by atoms with E-state index in [1.165, 1.54) is 0 Å². The van der Waals surface area contributed by atoms with Gasteiger partial charge >= 0.3 is 0 Å². The Bertz CT molecular complexity index is 2340. The number of imide groups is 2. The summed E-state index contributed by atoms with van der Waals surface area (Å²) in [5.74, 6) is -1.35. The Labute approximate surface area is 334 Å². The predicted octanol–water partition coefficient (Wildman–Crippen LogP) is 5.22. The van der Waals surface area contributed by atoms with Gasteiger partial charge in [-0.05, 0) is 65.6 Å². The summed E-state index contributed by atoms with van der Waals surface area (Å²) < 4.78 is 6.45. The van der Waals surface area contributed by atoms with Gasteiger partial charge in [-0.2, -0.15) is 0 Å². The van der Waals surface area contributed by atoms with Crippen LogP contribution in [-0.2, 0) is 29.2 Å². The van der Waals surface area contributed by atoms with Gasteiger partial charge in [0.15, 0.2) is 0 Å². The first-order valence-electron chi connectivity index (χ1n) is 19.2. The Morgan fingerprint density at radius 2 is 1.53 bits per heavy atom. The predicted molar refractivity (Wildman–Crippen MR) is 206 cm³/mol. The van der Waals surface area contributed by atoms with Gasteiger partial charge in [-0.25, -0.2) is 4.85 Å². The fourth-order valence-electron chi connectivity index (χ4n) is 10.7. The maximum atomic E-state index is 13.8. The Kier molecular flexibility index (Phi) is 8.43. The Morgan fingerprint density at radius 1 is 0.860 bits per heavy atom. The van der Waals surface area contributed by atoms with Crippen molar-refractivity contribution in [2.75, 3.05) is 19.6 Å². The number of hydrogen-bond acceptors (Lipinski definition) is 8. The van der Waals surface area contributed by atoms with E-state index in [-0.39, 0.29) is 53.8 Å². The van der Waals surface area contributed by atoms with Gasteiger partial charge in [0, 0.05) is 79.6 Å². The molecule has 0 bridgehead atoms. The molecule has 1 aliphatic carbocycles. The van der Waals surface area contributed by atoms with Crippen molar-refractivity contribution >= 4 is 52.7 Å². The third-order valence-corrected chi connectivity index (χ3v) is 13.2. The van der Waals surface area contributed by atoms with Gasteiger partial charge < -0.3 is 14.5 Å². The summed E-state index contributed by atoms with van der Waals surface area (Å²) in [7, 11) is 0. The Hall–Kier alpha value is -5.58. The first kappa shape index (κ1) is 37.0. The fourth-order valence-corrected chi connectivity index (χ4v) is 10.9. The molecule has 1 atom stereocenters. The Balaban J connectivity index is 0.801. The van der Waals surface area contributed by atoms with Crippen molar-refractivity contribution in [3.8, 4) is 5.75 Å². The highest BCUT2D eigenvalue weighted by Gasteiger charge is 2.67. The molecule has 1 unspecified atom stereocenters. The highest BCUT2D eigenvalue weighted by Crippen LogP contribution is 2.59. The van der Waals surface area contributed by atoms with Crippen LogP contribution in [-0.4, -0.2) is 92.9 Å². The number of benzene rings is 3. The van der Waals surface area contributed by atoms with Crippen molar-refractivity contribution in [2.24, 2.45) is 16.7 Å². The van der Waals surface area contributed by atoms with Gasteiger partial charge in [-0.3, -0.25) is 43.9 Å². The summed E-state index contributed by atoms with van der Waals surface area (Å²) in [6, 6.07) is 12.8. The van der Waals surface area contributed by atoms with Crippen LogP contribution >= 0.6 is 11.6 Å². The van der Waals surface area contributed by atoms with E-state index in [2.05, 4.69) is 42.8 Å². The van der Waals surface area contributed by atoms with Gasteiger partial charge in [0.25, 0.3) is 23.6 Å². The highest BCUT2D eigenvalue weighted by atomic mass is 35.5. The molecular formula is C43H41ClN6O7. The number of nitrogens with zero attached hydrogens (tertiary/aromatic N) is 5. The number of rotatable bonds is 7. The lowest BCUT2D eigenvalue weighted by Crippen LogP contribution is -2.74. The van der Waals surface area contributed by atoms with E-state index in [1.54, 1.807) is 42.5 Å². The average Bonchev–Trinajstić information content (AvgIpc) is 3.77. The molecule has 1 N–H and O–H groups in total. The summed E-state index contributed by atoms with van der Waals surface area (Å²) in [4.78, 5) is 88.6. The molecule has 0 spiro atoms. The van der Waals surface area contributed by atoms with Crippen LogP contribution in [0.3, 0.4) is 0 Å². The molecule has 6 aliphatic rings. The normalized spacial score (nSPS) is 24.7. The maximum Gasteiger partial charge on any atom is 0.262 e. The first-order valence-corrected chi connectivity index (χ1v) is 19.6. The molecular weight excluding hydrogens is 748 g/mol. The number of amides is 6. The van der Waals surface area contributed by atoms with Gasteiger partial charge in [-0.15, -0.1) is 0 Å². The molecule has 2 saturated heterocycles. The number of hydrogen-bond donors (Lipinski definition) is 1. The van der Waals surface area contributed by atoms with Crippen LogP contribution in [0.15, 0.2) is 48.5 Å². The second-order valence-electron chi connectivity index (χ2n) is 17.4. The summed E-state index contributed by atoms with van der Waals surface area (Å²) in [6.07, 6.45) is -0.0348. The molecule has 0 aromatic heterocycles. The molecule has 5 aliphatic heterocycles. The number of likely N-dealkylation sites (tertiary alicyclic amines) is 1. The zero-order valence-electron chi connectivity index (χ0n) is 32.1. The van der Waals surface area contributed by atoms with Crippen molar-refractivity contribution in [3.63, 3.8) is 0 Å². The van der Waals surface area contributed by atoms with E-state index in [0.29, 0.717) is 60.3 Å². The number of nitrogens with one attached hydrogen (secondary N) is 1. The van der Waals surface area contributed by atoms with Crippen molar-refractivity contribution in [1.82, 2.24) is 24.9 Å². The van der Waals surface area contributed by atoms with Crippen LogP contribution in [0.4, 0.5) is 5.69 Å². The minimum atomic E-state index is -0.995. The zero-order chi connectivity index (χ0) is 40.3. The molecule has 3 aromatic carbocycles. The van der Waals surface area contributed by atoms with E-state index < -0.39 is 40.5 Å². The third-order valence-electron chi connectivity index (χ3n) is 12.9. The van der Waals surface area contributed by atoms with Gasteiger partial charge in [0.1, 0.15) is 17.9 Å². The molecule has 292 valence electrons. The SMILES string of the molecule is [C-]#[N+]c1ccc(OC2C(C)(C)C(N3Cc4cc(C(=O)N5CC(CN6Cc7cc8c(cc7C6)C(=O)N(C6CCC(=O)NC6=O)C8=O)C5)ccc4C3=O)C2(C)C)cc1Cl. The maximum absolute atomic E-state index is 13.8. The lowest BCUT2D eigenvalue weighted by atomic mass is 9.49. The largest absolute Gasteiger partial charge is 0.489 e. The number of fused-ring (bicyclic) bond motifs is 3. The van der Waals surface area contributed by atoms with Gasteiger partial charge in [0.05, 0.1) is 22.7 Å². The van der Waals surface area contributed by atoms with Gasteiger partial charge in [0.2, 0.25) is 17.5 Å². The second kappa shape index (κ2) is 13.0. The second-order valence-corrected chi connectivity index (χ2v) is 17.8. The van der Waals surface area contributed by atoms with E-state index in [1.807, 2.05) is 15.9 Å². The van der Waals surface area contributed by atoms with Crippen LogP contribution in [0.2, 0.25) is 5.02 Å².